The molecule has 1 N–H and O–H groups in total. The van der Waals surface area contributed by atoms with E-state index in [1.54, 1.807) is 0 Å². The van der Waals surface area contributed by atoms with E-state index in [2.05, 4.69) is 26.2 Å². The number of hydrogen-bond acceptors (Lipinski definition) is 3. The minimum atomic E-state index is 0.00437. The Labute approximate surface area is 95.8 Å². The molecular weight excluding hydrogens is 264 g/mol. The Morgan fingerprint density at radius 1 is 1.64 bits per heavy atom. The van der Waals surface area contributed by atoms with Crippen LogP contribution in [-0.2, 0) is 4.79 Å². The number of amides is 1. The smallest absolute Gasteiger partial charge is 0.234 e. The maximum Gasteiger partial charge on any atom is 0.234 e. The van der Waals surface area contributed by atoms with E-state index < -0.39 is 0 Å². The van der Waals surface area contributed by atoms with Crippen LogP contribution in [0.15, 0.2) is 16.7 Å². The SMILES string of the molecule is CSCC(=O)Nc1ccc(Br)nc1C. The van der Waals surface area contributed by atoms with Crippen molar-refractivity contribution in [2.75, 3.05) is 17.3 Å². The van der Waals surface area contributed by atoms with Crippen LogP contribution in [0.5, 0.6) is 0 Å². The molecule has 0 saturated carbocycles. The third-order valence-corrected chi connectivity index (χ3v) is 2.59. The molecule has 0 radical (unpaired) electrons. The maximum atomic E-state index is 11.3. The van der Waals surface area contributed by atoms with Gasteiger partial charge in [0, 0.05) is 0 Å². The third-order valence-electron chi connectivity index (χ3n) is 1.60. The molecule has 0 spiro atoms. The van der Waals surface area contributed by atoms with Crippen LogP contribution in [0.3, 0.4) is 0 Å². The lowest BCUT2D eigenvalue weighted by Gasteiger charge is -2.06. The van der Waals surface area contributed by atoms with E-state index >= 15 is 0 Å². The lowest BCUT2D eigenvalue weighted by atomic mass is 10.3. The summed E-state index contributed by atoms with van der Waals surface area (Å²) in [4.78, 5) is 15.5. The highest BCUT2D eigenvalue weighted by Crippen LogP contribution is 2.16. The molecule has 0 aromatic carbocycles. The average Bonchev–Trinajstić information content (AvgIpc) is 2.10. The van der Waals surface area contributed by atoms with Crippen molar-refractivity contribution in [3.8, 4) is 0 Å². The quantitative estimate of drug-likeness (QED) is 0.861. The van der Waals surface area contributed by atoms with Gasteiger partial charge in [-0.15, -0.1) is 0 Å². The molecule has 0 fully saturated rings. The van der Waals surface area contributed by atoms with Crippen molar-refractivity contribution in [2.24, 2.45) is 0 Å². The van der Waals surface area contributed by atoms with Gasteiger partial charge in [-0.3, -0.25) is 4.79 Å². The van der Waals surface area contributed by atoms with Crippen molar-refractivity contribution in [3.63, 3.8) is 0 Å². The van der Waals surface area contributed by atoms with Gasteiger partial charge in [0.05, 0.1) is 17.1 Å². The molecule has 1 rings (SSSR count). The summed E-state index contributed by atoms with van der Waals surface area (Å²) in [5, 5.41) is 2.80. The largest absolute Gasteiger partial charge is 0.324 e. The van der Waals surface area contributed by atoms with Gasteiger partial charge in [0.2, 0.25) is 5.91 Å². The molecule has 1 heterocycles. The fraction of sp³-hybridized carbons (Fsp3) is 0.333. The Bertz CT molecular complexity index is 344. The summed E-state index contributed by atoms with van der Waals surface area (Å²) in [5.74, 6) is 0.472. The zero-order valence-electron chi connectivity index (χ0n) is 8.00. The van der Waals surface area contributed by atoms with Crippen LogP contribution in [0.4, 0.5) is 5.69 Å². The van der Waals surface area contributed by atoms with E-state index in [-0.39, 0.29) is 5.91 Å². The highest BCUT2D eigenvalue weighted by atomic mass is 79.9. The monoisotopic (exact) mass is 274 g/mol. The van der Waals surface area contributed by atoms with Crippen molar-refractivity contribution < 1.29 is 4.79 Å². The van der Waals surface area contributed by atoms with Gasteiger partial charge >= 0.3 is 0 Å². The molecule has 0 aliphatic heterocycles. The maximum absolute atomic E-state index is 11.3. The topological polar surface area (TPSA) is 42.0 Å². The number of aromatic nitrogens is 1. The zero-order chi connectivity index (χ0) is 10.6. The Morgan fingerprint density at radius 2 is 2.36 bits per heavy atom. The van der Waals surface area contributed by atoms with Crippen LogP contribution >= 0.6 is 27.7 Å². The van der Waals surface area contributed by atoms with E-state index in [1.807, 2.05) is 25.3 Å². The molecule has 0 saturated heterocycles. The predicted molar refractivity (Wildman–Crippen MR) is 63.7 cm³/mol. The Balaban J connectivity index is 2.72. The van der Waals surface area contributed by atoms with Gasteiger partial charge in [0.25, 0.3) is 0 Å². The van der Waals surface area contributed by atoms with E-state index in [0.717, 1.165) is 16.0 Å². The van der Waals surface area contributed by atoms with Crippen LogP contribution in [0, 0.1) is 6.92 Å². The van der Waals surface area contributed by atoms with Gasteiger partial charge in [-0.05, 0) is 41.2 Å². The summed E-state index contributed by atoms with van der Waals surface area (Å²) in [6.07, 6.45) is 1.90. The van der Waals surface area contributed by atoms with Gasteiger partial charge in [0.1, 0.15) is 4.60 Å². The molecule has 0 aliphatic rings. The minimum absolute atomic E-state index is 0.00437. The zero-order valence-corrected chi connectivity index (χ0v) is 10.4. The summed E-state index contributed by atoms with van der Waals surface area (Å²) in [5.41, 5.74) is 1.58. The van der Waals surface area contributed by atoms with Gasteiger partial charge in [-0.1, -0.05) is 0 Å². The normalized spacial score (nSPS) is 9.93. The van der Waals surface area contributed by atoms with Crippen LogP contribution in [0.1, 0.15) is 5.69 Å². The van der Waals surface area contributed by atoms with Gasteiger partial charge in [-0.25, -0.2) is 4.98 Å². The number of carbonyl (C=O) groups excluding carboxylic acids is 1. The lowest BCUT2D eigenvalue weighted by molar-refractivity contribution is -0.113. The first-order valence-corrected chi connectivity index (χ1v) is 6.24. The fourth-order valence-corrected chi connectivity index (χ4v) is 1.71. The summed E-state index contributed by atoms with van der Waals surface area (Å²) in [6.45, 7) is 1.86. The number of aryl methyl sites for hydroxylation is 1. The highest BCUT2D eigenvalue weighted by molar-refractivity contribution is 9.10. The number of halogens is 1. The second kappa shape index (κ2) is 5.36. The summed E-state index contributed by atoms with van der Waals surface area (Å²) in [6, 6.07) is 3.65. The second-order valence-electron chi connectivity index (χ2n) is 2.75. The number of hydrogen-bond donors (Lipinski definition) is 1. The van der Waals surface area contributed by atoms with E-state index in [1.165, 1.54) is 11.8 Å². The Morgan fingerprint density at radius 3 is 2.93 bits per heavy atom. The number of thioether (sulfide) groups is 1. The summed E-state index contributed by atoms with van der Waals surface area (Å²) < 4.78 is 0.776. The molecule has 0 atom stereocenters. The first-order valence-electron chi connectivity index (χ1n) is 4.05. The van der Waals surface area contributed by atoms with Gasteiger partial charge < -0.3 is 5.32 Å². The van der Waals surface area contributed by atoms with E-state index in [9.17, 15) is 4.79 Å². The molecule has 1 aromatic heterocycles. The standard InChI is InChI=1S/C9H11BrN2OS/c1-6-7(3-4-8(10)11-6)12-9(13)5-14-2/h3-4H,5H2,1-2H3,(H,12,13). The number of anilines is 1. The number of nitrogens with one attached hydrogen (secondary N) is 1. The van der Waals surface area contributed by atoms with Gasteiger partial charge in [-0.2, -0.15) is 11.8 Å². The predicted octanol–water partition coefficient (Wildman–Crippen LogP) is 2.45. The number of nitrogens with zero attached hydrogens (tertiary/aromatic N) is 1. The molecular formula is C9H11BrN2OS. The van der Waals surface area contributed by atoms with Crippen molar-refractivity contribution in [1.29, 1.82) is 0 Å². The molecule has 0 unspecified atom stereocenters. The number of rotatable bonds is 3. The number of pyridine rings is 1. The molecule has 1 aromatic rings. The van der Waals surface area contributed by atoms with Crippen molar-refractivity contribution in [3.05, 3.63) is 22.4 Å². The molecule has 5 heteroatoms. The van der Waals surface area contributed by atoms with Crippen LogP contribution in [-0.4, -0.2) is 22.9 Å². The molecule has 3 nitrogen and oxygen atoms in total. The molecule has 14 heavy (non-hydrogen) atoms. The van der Waals surface area contributed by atoms with Crippen LogP contribution < -0.4 is 5.32 Å². The van der Waals surface area contributed by atoms with E-state index in [4.69, 9.17) is 0 Å². The third kappa shape index (κ3) is 3.31. The minimum Gasteiger partial charge on any atom is -0.324 e. The first kappa shape index (κ1) is 11.5. The van der Waals surface area contributed by atoms with Crippen molar-refractivity contribution >= 4 is 39.3 Å². The molecule has 0 aliphatic carbocycles. The Hall–Kier alpha value is -0.550. The molecule has 76 valence electrons. The van der Waals surface area contributed by atoms with Crippen LogP contribution in [0.25, 0.3) is 0 Å². The van der Waals surface area contributed by atoms with Gasteiger partial charge in [0.15, 0.2) is 0 Å². The molecule has 0 bridgehead atoms. The van der Waals surface area contributed by atoms with Crippen molar-refractivity contribution in [1.82, 2.24) is 4.98 Å². The molecule has 1 amide bonds. The van der Waals surface area contributed by atoms with E-state index in [0.29, 0.717) is 5.75 Å². The summed E-state index contributed by atoms with van der Waals surface area (Å²) in [7, 11) is 0. The van der Waals surface area contributed by atoms with Crippen molar-refractivity contribution in [2.45, 2.75) is 6.92 Å². The van der Waals surface area contributed by atoms with Crippen LogP contribution in [0.2, 0.25) is 0 Å². The Kier molecular flexibility index (Phi) is 4.41. The summed E-state index contributed by atoms with van der Waals surface area (Å²) >= 11 is 4.76. The fourth-order valence-electron chi connectivity index (χ4n) is 0.980. The average molecular weight is 275 g/mol. The lowest BCUT2D eigenvalue weighted by Crippen LogP contribution is -2.14. The highest BCUT2D eigenvalue weighted by Gasteiger charge is 2.04. The second-order valence-corrected chi connectivity index (χ2v) is 4.43. The first-order chi connectivity index (χ1) is 6.63. The number of carbonyl (C=O) groups is 1.